The Balaban J connectivity index is 2.56. The largest absolute Gasteiger partial charge is 0.513 e. The third-order valence-electron chi connectivity index (χ3n) is 3.66. The molecule has 2 aromatic carbocycles. The highest BCUT2D eigenvalue weighted by Crippen LogP contribution is 2.36. The summed E-state index contributed by atoms with van der Waals surface area (Å²) >= 11 is 0. The first-order chi connectivity index (χ1) is 11.3. The fraction of sp³-hybridized carbons (Fsp3) is 0.368. The molecule has 0 amide bonds. The van der Waals surface area contributed by atoms with E-state index >= 15 is 0 Å². The van der Waals surface area contributed by atoms with Crippen LogP contribution < -0.4 is 0 Å². The van der Waals surface area contributed by atoms with Gasteiger partial charge in [-0.1, -0.05) is 60.7 Å². The van der Waals surface area contributed by atoms with Crippen LogP contribution in [0.1, 0.15) is 37.4 Å². The molecule has 3 nitrogen and oxygen atoms in total. The summed E-state index contributed by atoms with van der Waals surface area (Å²) in [6.45, 7) is 7.69. The smallest absolute Gasteiger partial charge is 0.373 e. The van der Waals surface area contributed by atoms with E-state index in [1.807, 2.05) is 57.2 Å². The number of hydrogen-bond acceptors (Lipinski definition) is 3. The third kappa shape index (κ3) is 4.29. The van der Waals surface area contributed by atoms with Crippen molar-refractivity contribution in [2.45, 2.75) is 26.3 Å². The van der Waals surface area contributed by atoms with E-state index in [4.69, 9.17) is 13.3 Å². The molecule has 0 fully saturated rings. The minimum Gasteiger partial charge on any atom is -0.373 e. The molecular weight excluding hydrogens is 304 g/mol. The number of hydrogen-bond donors (Lipinski definition) is 0. The predicted octanol–water partition coefficient (Wildman–Crippen LogP) is 4.41. The van der Waals surface area contributed by atoms with Gasteiger partial charge in [0.25, 0.3) is 0 Å². The van der Waals surface area contributed by atoms with Gasteiger partial charge in [0, 0.05) is 19.8 Å². The molecule has 0 saturated heterocycles. The normalized spacial score (nSPS) is 11.8. The van der Waals surface area contributed by atoms with Gasteiger partial charge in [0.2, 0.25) is 0 Å². The Morgan fingerprint density at radius 3 is 1.30 bits per heavy atom. The first kappa shape index (κ1) is 17.9. The molecule has 124 valence electrons. The summed E-state index contributed by atoms with van der Waals surface area (Å²) in [5, 5.41) is 0. The zero-order chi connectivity index (χ0) is 16.5. The first-order valence-corrected chi connectivity index (χ1v) is 10.1. The van der Waals surface area contributed by atoms with Gasteiger partial charge in [0.05, 0.1) is 5.54 Å². The van der Waals surface area contributed by atoms with Crippen LogP contribution in [0.25, 0.3) is 0 Å². The van der Waals surface area contributed by atoms with Crippen LogP contribution in [0.4, 0.5) is 0 Å². The van der Waals surface area contributed by atoms with Gasteiger partial charge in [-0.05, 0) is 31.9 Å². The molecule has 0 aliphatic carbocycles. The molecule has 2 rings (SSSR count). The number of benzene rings is 2. The molecule has 0 N–H and O–H groups in total. The SMILES string of the molecule is CCO[Si](OCC)(OCC)C(c1ccccc1)c1ccccc1. The molecular formula is C19H26O3Si. The summed E-state index contributed by atoms with van der Waals surface area (Å²) < 4.78 is 18.5. The van der Waals surface area contributed by atoms with Crippen LogP contribution in [0.15, 0.2) is 60.7 Å². The second kappa shape index (κ2) is 8.98. The summed E-state index contributed by atoms with van der Waals surface area (Å²) in [4.78, 5) is 0. The number of rotatable bonds is 9. The third-order valence-corrected chi connectivity index (χ3v) is 7.10. The fourth-order valence-corrected chi connectivity index (χ4v) is 6.03. The van der Waals surface area contributed by atoms with E-state index < -0.39 is 8.80 Å². The minimum atomic E-state index is -2.91. The van der Waals surface area contributed by atoms with E-state index in [0.717, 1.165) is 0 Å². The summed E-state index contributed by atoms with van der Waals surface area (Å²) in [6, 6.07) is 20.7. The Hall–Kier alpha value is -1.46. The second-order valence-electron chi connectivity index (χ2n) is 5.16. The Morgan fingerprint density at radius 1 is 0.652 bits per heavy atom. The van der Waals surface area contributed by atoms with Crippen LogP contribution >= 0.6 is 0 Å². The van der Waals surface area contributed by atoms with Gasteiger partial charge in [-0.25, -0.2) is 0 Å². The topological polar surface area (TPSA) is 27.7 Å². The van der Waals surface area contributed by atoms with Crippen molar-refractivity contribution in [1.29, 1.82) is 0 Å². The standard InChI is InChI=1S/C19H26O3Si/c1-4-20-23(21-5-2,22-6-3)19(17-13-9-7-10-14-17)18-15-11-8-12-16-18/h7-16,19H,4-6H2,1-3H3. The van der Waals surface area contributed by atoms with Crippen molar-refractivity contribution in [1.82, 2.24) is 0 Å². The zero-order valence-electron chi connectivity index (χ0n) is 14.2. The van der Waals surface area contributed by atoms with Gasteiger partial charge in [-0.15, -0.1) is 0 Å². The van der Waals surface area contributed by atoms with Crippen molar-refractivity contribution in [3.8, 4) is 0 Å². The maximum Gasteiger partial charge on any atom is 0.513 e. The Kier molecular flexibility index (Phi) is 6.99. The maximum absolute atomic E-state index is 6.18. The maximum atomic E-state index is 6.18. The molecule has 0 spiro atoms. The summed E-state index contributed by atoms with van der Waals surface area (Å²) in [5.74, 6) is 0. The molecule has 0 bridgehead atoms. The van der Waals surface area contributed by atoms with E-state index in [1.165, 1.54) is 11.1 Å². The summed E-state index contributed by atoms with van der Waals surface area (Å²) in [7, 11) is -2.91. The van der Waals surface area contributed by atoms with Crippen molar-refractivity contribution in [3.63, 3.8) is 0 Å². The van der Waals surface area contributed by atoms with E-state index in [-0.39, 0.29) is 5.54 Å². The Bertz CT molecular complexity index is 503. The van der Waals surface area contributed by atoms with Gasteiger partial charge in [0.1, 0.15) is 0 Å². The fourth-order valence-electron chi connectivity index (χ4n) is 2.87. The highest BCUT2D eigenvalue weighted by atomic mass is 28.4. The molecule has 0 saturated carbocycles. The van der Waals surface area contributed by atoms with Crippen molar-refractivity contribution < 1.29 is 13.3 Å². The average molecular weight is 331 g/mol. The minimum absolute atomic E-state index is 0.0234. The van der Waals surface area contributed by atoms with Gasteiger partial charge >= 0.3 is 8.80 Å². The molecule has 0 atom stereocenters. The van der Waals surface area contributed by atoms with Gasteiger partial charge in [-0.3, -0.25) is 0 Å². The first-order valence-electron chi connectivity index (χ1n) is 8.29. The Morgan fingerprint density at radius 2 is 1.00 bits per heavy atom. The lowest BCUT2D eigenvalue weighted by molar-refractivity contribution is 0.0653. The Labute approximate surface area is 140 Å². The molecule has 0 aromatic heterocycles. The molecule has 23 heavy (non-hydrogen) atoms. The highest BCUT2D eigenvalue weighted by Gasteiger charge is 2.50. The van der Waals surface area contributed by atoms with Gasteiger partial charge < -0.3 is 13.3 Å². The highest BCUT2D eigenvalue weighted by molar-refractivity contribution is 6.63. The van der Waals surface area contributed by atoms with Crippen LogP contribution in [0.5, 0.6) is 0 Å². The van der Waals surface area contributed by atoms with Crippen molar-refractivity contribution in [2.75, 3.05) is 19.8 Å². The van der Waals surface area contributed by atoms with Crippen LogP contribution in [0, 0.1) is 0 Å². The van der Waals surface area contributed by atoms with Crippen LogP contribution in [0.3, 0.4) is 0 Å². The lowest BCUT2D eigenvalue weighted by atomic mass is 10.0. The lowest BCUT2D eigenvalue weighted by Gasteiger charge is -2.35. The van der Waals surface area contributed by atoms with Crippen molar-refractivity contribution in [3.05, 3.63) is 71.8 Å². The van der Waals surface area contributed by atoms with Crippen molar-refractivity contribution in [2.24, 2.45) is 0 Å². The van der Waals surface area contributed by atoms with E-state index in [1.54, 1.807) is 0 Å². The molecule has 0 heterocycles. The van der Waals surface area contributed by atoms with Gasteiger partial charge in [0.15, 0.2) is 0 Å². The quantitative estimate of drug-likeness (QED) is 0.638. The molecule has 0 radical (unpaired) electrons. The average Bonchev–Trinajstić information content (AvgIpc) is 2.58. The van der Waals surface area contributed by atoms with E-state index in [0.29, 0.717) is 19.8 Å². The molecule has 0 unspecified atom stereocenters. The summed E-state index contributed by atoms with van der Waals surface area (Å²) in [6.07, 6.45) is 0. The van der Waals surface area contributed by atoms with Crippen molar-refractivity contribution >= 4 is 8.80 Å². The summed E-state index contributed by atoms with van der Waals surface area (Å²) in [5.41, 5.74) is 2.31. The predicted molar refractivity (Wildman–Crippen MR) is 95.4 cm³/mol. The van der Waals surface area contributed by atoms with Crippen LogP contribution in [-0.4, -0.2) is 28.6 Å². The molecule has 4 heteroatoms. The van der Waals surface area contributed by atoms with E-state index in [2.05, 4.69) is 24.3 Å². The van der Waals surface area contributed by atoms with Crippen LogP contribution in [0.2, 0.25) is 0 Å². The zero-order valence-corrected chi connectivity index (χ0v) is 15.2. The monoisotopic (exact) mass is 330 g/mol. The molecule has 2 aromatic rings. The van der Waals surface area contributed by atoms with Gasteiger partial charge in [-0.2, -0.15) is 0 Å². The van der Waals surface area contributed by atoms with E-state index in [9.17, 15) is 0 Å². The molecule has 0 aliphatic heterocycles. The molecule has 0 aliphatic rings. The second-order valence-corrected chi connectivity index (χ2v) is 7.81. The van der Waals surface area contributed by atoms with Crippen LogP contribution in [-0.2, 0) is 13.3 Å². The lowest BCUT2D eigenvalue weighted by Crippen LogP contribution is -2.52.